The largest absolute Gasteiger partial charge is 0.496 e. The van der Waals surface area contributed by atoms with Gasteiger partial charge in [0.1, 0.15) is 11.4 Å². The molecule has 0 saturated carbocycles. The first-order valence-electron chi connectivity index (χ1n) is 4.96. The van der Waals surface area contributed by atoms with Gasteiger partial charge in [-0.25, -0.2) is 0 Å². The van der Waals surface area contributed by atoms with Crippen LogP contribution in [0.2, 0.25) is 0 Å². The Bertz CT molecular complexity index is 679. The molecule has 0 radical (unpaired) electrons. The average molecular weight is 214 g/mol. The van der Waals surface area contributed by atoms with Gasteiger partial charge < -0.3 is 14.7 Å². The van der Waals surface area contributed by atoms with Crippen LogP contribution < -0.4 is 4.74 Å². The summed E-state index contributed by atoms with van der Waals surface area (Å²) in [6.07, 6.45) is 0.801. The number of aldehydes is 1. The predicted molar refractivity (Wildman–Crippen MR) is 62.1 cm³/mol. The molecule has 4 heteroatoms. The Balaban J connectivity index is 2.47. The van der Waals surface area contributed by atoms with Gasteiger partial charge in [-0.05, 0) is 18.2 Å². The Hall–Kier alpha value is -2.23. The lowest BCUT2D eigenvalue weighted by Crippen LogP contribution is -1.82. The molecule has 4 nitrogen and oxygen atoms in total. The summed E-state index contributed by atoms with van der Waals surface area (Å²) >= 11 is 0. The molecule has 0 atom stereocenters. The van der Waals surface area contributed by atoms with Crippen molar-refractivity contribution in [3.8, 4) is 5.75 Å². The standard InChI is InChI=1S/C12H10N2O2/c1-16-10-4-2-3-9-11(10)8-5-7(6-15)13-12(8)14-9/h2-6,13-14H,1H3. The molecule has 3 aromatic rings. The van der Waals surface area contributed by atoms with Gasteiger partial charge >= 0.3 is 0 Å². The molecule has 1 aromatic carbocycles. The van der Waals surface area contributed by atoms with Gasteiger partial charge in [-0.3, -0.25) is 4.79 Å². The van der Waals surface area contributed by atoms with E-state index in [0.29, 0.717) is 5.69 Å². The van der Waals surface area contributed by atoms with Crippen LogP contribution in [-0.4, -0.2) is 23.4 Å². The summed E-state index contributed by atoms with van der Waals surface area (Å²) in [5.41, 5.74) is 2.41. The zero-order valence-corrected chi connectivity index (χ0v) is 8.70. The highest BCUT2D eigenvalue weighted by Crippen LogP contribution is 2.32. The van der Waals surface area contributed by atoms with Gasteiger partial charge in [-0.15, -0.1) is 0 Å². The lowest BCUT2D eigenvalue weighted by molar-refractivity contribution is 0.112. The summed E-state index contributed by atoms with van der Waals surface area (Å²) in [5.74, 6) is 0.806. The van der Waals surface area contributed by atoms with Crippen molar-refractivity contribution < 1.29 is 9.53 Å². The highest BCUT2D eigenvalue weighted by Gasteiger charge is 2.11. The number of hydrogen-bond acceptors (Lipinski definition) is 2. The van der Waals surface area contributed by atoms with Crippen molar-refractivity contribution in [2.24, 2.45) is 0 Å². The minimum absolute atomic E-state index is 0.564. The summed E-state index contributed by atoms with van der Waals surface area (Å²) < 4.78 is 5.31. The van der Waals surface area contributed by atoms with Gasteiger partial charge in [0.15, 0.2) is 6.29 Å². The SMILES string of the molecule is COc1cccc2[nH]c3[nH]c(C=O)cc3c12. The van der Waals surface area contributed by atoms with Gasteiger partial charge in [0, 0.05) is 5.39 Å². The van der Waals surface area contributed by atoms with Gasteiger partial charge in [0.05, 0.1) is 23.7 Å². The van der Waals surface area contributed by atoms with Crippen LogP contribution in [0.15, 0.2) is 24.3 Å². The Morgan fingerprint density at radius 1 is 1.31 bits per heavy atom. The number of rotatable bonds is 2. The first-order valence-corrected chi connectivity index (χ1v) is 4.96. The molecule has 0 amide bonds. The fraction of sp³-hybridized carbons (Fsp3) is 0.0833. The molecule has 0 aliphatic heterocycles. The number of hydrogen-bond donors (Lipinski definition) is 2. The predicted octanol–water partition coefficient (Wildman–Crippen LogP) is 2.47. The van der Waals surface area contributed by atoms with Gasteiger partial charge in [0.2, 0.25) is 0 Å². The molecule has 2 N–H and O–H groups in total. The lowest BCUT2D eigenvalue weighted by atomic mass is 10.2. The van der Waals surface area contributed by atoms with E-state index >= 15 is 0 Å². The monoisotopic (exact) mass is 214 g/mol. The number of ether oxygens (including phenoxy) is 1. The van der Waals surface area contributed by atoms with Crippen LogP contribution in [0.1, 0.15) is 10.5 Å². The van der Waals surface area contributed by atoms with E-state index in [1.807, 2.05) is 24.3 Å². The van der Waals surface area contributed by atoms with Crippen molar-refractivity contribution in [2.45, 2.75) is 0 Å². The van der Waals surface area contributed by atoms with Crippen molar-refractivity contribution in [3.63, 3.8) is 0 Å². The fourth-order valence-electron chi connectivity index (χ4n) is 2.05. The Morgan fingerprint density at radius 2 is 2.19 bits per heavy atom. The molecule has 0 aliphatic rings. The maximum absolute atomic E-state index is 10.7. The summed E-state index contributed by atoms with van der Waals surface area (Å²) in [4.78, 5) is 16.9. The Labute approximate surface area is 91.2 Å². The molecule has 0 aliphatic carbocycles. The molecule has 80 valence electrons. The molecule has 2 heterocycles. The minimum Gasteiger partial charge on any atom is -0.496 e. The molecule has 16 heavy (non-hydrogen) atoms. The molecule has 0 unspecified atom stereocenters. The summed E-state index contributed by atoms with van der Waals surface area (Å²) in [5, 5.41) is 1.99. The lowest BCUT2D eigenvalue weighted by Gasteiger charge is -2.00. The number of aromatic nitrogens is 2. The second kappa shape index (κ2) is 3.13. The number of fused-ring (bicyclic) bond motifs is 3. The van der Waals surface area contributed by atoms with Crippen LogP contribution in [0.3, 0.4) is 0 Å². The van der Waals surface area contributed by atoms with E-state index in [1.165, 1.54) is 0 Å². The molecular formula is C12H10N2O2. The summed E-state index contributed by atoms with van der Waals surface area (Å²) in [7, 11) is 1.64. The number of methoxy groups -OCH3 is 1. The maximum atomic E-state index is 10.7. The van der Waals surface area contributed by atoms with Crippen LogP contribution in [0.25, 0.3) is 21.9 Å². The minimum atomic E-state index is 0.564. The number of aromatic amines is 2. The third-order valence-electron chi connectivity index (χ3n) is 2.74. The number of H-pyrrole nitrogens is 2. The number of carbonyl (C=O) groups excluding carboxylic acids is 1. The van der Waals surface area contributed by atoms with Crippen LogP contribution in [0.5, 0.6) is 5.75 Å². The Kier molecular flexibility index (Phi) is 1.77. The van der Waals surface area contributed by atoms with Gasteiger partial charge in [-0.1, -0.05) is 6.07 Å². The fourth-order valence-corrected chi connectivity index (χ4v) is 2.05. The average Bonchev–Trinajstić information content (AvgIpc) is 2.84. The topological polar surface area (TPSA) is 57.9 Å². The molecule has 0 spiro atoms. The molecule has 3 rings (SSSR count). The first kappa shape index (κ1) is 9.03. The third-order valence-corrected chi connectivity index (χ3v) is 2.74. The smallest absolute Gasteiger partial charge is 0.166 e. The number of nitrogens with one attached hydrogen (secondary N) is 2. The second-order valence-electron chi connectivity index (χ2n) is 3.64. The van der Waals surface area contributed by atoms with Crippen LogP contribution in [0, 0.1) is 0 Å². The highest BCUT2D eigenvalue weighted by molar-refractivity contribution is 6.10. The quantitative estimate of drug-likeness (QED) is 0.644. The van der Waals surface area contributed by atoms with E-state index in [2.05, 4.69) is 9.97 Å². The van der Waals surface area contributed by atoms with E-state index in [0.717, 1.165) is 34.0 Å². The second-order valence-corrected chi connectivity index (χ2v) is 3.64. The maximum Gasteiger partial charge on any atom is 0.166 e. The molecule has 0 saturated heterocycles. The molecule has 0 bridgehead atoms. The Morgan fingerprint density at radius 3 is 2.94 bits per heavy atom. The van der Waals surface area contributed by atoms with Crippen molar-refractivity contribution in [2.75, 3.05) is 7.11 Å². The molecule has 2 aromatic heterocycles. The van der Waals surface area contributed by atoms with Crippen molar-refractivity contribution in [3.05, 3.63) is 30.0 Å². The number of benzene rings is 1. The summed E-state index contributed by atoms with van der Waals surface area (Å²) in [6, 6.07) is 7.64. The zero-order valence-electron chi connectivity index (χ0n) is 8.70. The van der Waals surface area contributed by atoms with E-state index in [-0.39, 0.29) is 0 Å². The first-order chi connectivity index (χ1) is 7.83. The molecule has 0 fully saturated rings. The van der Waals surface area contributed by atoms with Crippen molar-refractivity contribution >= 4 is 28.2 Å². The summed E-state index contributed by atoms with van der Waals surface area (Å²) in [6.45, 7) is 0. The third kappa shape index (κ3) is 1.07. The van der Waals surface area contributed by atoms with E-state index in [9.17, 15) is 4.79 Å². The van der Waals surface area contributed by atoms with Crippen LogP contribution >= 0.6 is 0 Å². The van der Waals surface area contributed by atoms with Gasteiger partial charge in [-0.2, -0.15) is 0 Å². The van der Waals surface area contributed by atoms with Crippen molar-refractivity contribution in [1.82, 2.24) is 9.97 Å². The van der Waals surface area contributed by atoms with Gasteiger partial charge in [0.25, 0.3) is 0 Å². The van der Waals surface area contributed by atoms with E-state index < -0.39 is 0 Å². The van der Waals surface area contributed by atoms with Crippen LogP contribution in [0.4, 0.5) is 0 Å². The van der Waals surface area contributed by atoms with Crippen LogP contribution in [-0.2, 0) is 0 Å². The van der Waals surface area contributed by atoms with E-state index in [4.69, 9.17) is 4.74 Å². The van der Waals surface area contributed by atoms with Crippen molar-refractivity contribution in [1.29, 1.82) is 0 Å². The number of carbonyl (C=O) groups is 1. The zero-order chi connectivity index (χ0) is 11.1. The normalized spacial score (nSPS) is 11.1. The molecular weight excluding hydrogens is 204 g/mol. The van der Waals surface area contributed by atoms with E-state index in [1.54, 1.807) is 7.11 Å². The highest BCUT2D eigenvalue weighted by atomic mass is 16.5.